The van der Waals surface area contributed by atoms with Crippen molar-refractivity contribution in [2.75, 3.05) is 25.0 Å². The lowest BCUT2D eigenvalue weighted by Gasteiger charge is -2.23. The zero-order chi connectivity index (χ0) is 13.1. The number of nitrogens with zero attached hydrogens (tertiary/aromatic N) is 1. The maximum atomic E-state index is 4.48. The van der Waals surface area contributed by atoms with Crippen LogP contribution in [0.2, 0.25) is 0 Å². The van der Waals surface area contributed by atoms with Gasteiger partial charge in [0.1, 0.15) is 0 Å². The number of benzene rings is 1. The van der Waals surface area contributed by atoms with Gasteiger partial charge in [-0.2, -0.15) is 0 Å². The highest BCUT2D eigenvalue weighted by Gasteiger charge is 2.13. The first-order valence-electron chi connectivity index (χ1n) is 7.13. The number of aryl methyl sites for hydroxylation is 1. The molecule has 1 atom stereocenters. The van der Waals surface area contributed by atoms with E-state index in [-0.39, 0.29) is 0 Å². The van der Waals surface area contributed by atoms with E-state index in [1.54, 1.807) is 0 Å². The van der Waals surface area contributed by atoms with Crippen LogP contribution in [0.25, 0.3) is 10.9 Å². The van der Waals surface area contributed by atoms with Crippen molar-refractivity contribution in [3.05, 3.63) is 36.0 Å². The van der Waals surface area contributed by atoms with Crippen LogP contribution in [0.4, 0.5) is 5.69 Å². The molecule has 2 heterocycles. The van der Waals surface area contributed by atoms with E-state index in [2.05, 4.69) is 40.7 Å². The predicted molar refractivity (Wildman–Crippen MR) is 80.6 cm³/mol. The molecule has 0 radical (unpaired) electrons. The molecule has 2 N–H and O–H groups in total. The molecular formula is C16H21N3. The summed E-state index contributed by atoms with van der Waals surface area (Å²) in [6.07, 6.45) is 4.48. The number of pyridine rings is 1. The van der Waals surface area contributed by atoms with Gasteiger partial charge < -0.3 is 10.6 Å². The Hall–Kier alpha value is -1.61. The highest BCUT2D eigenvalue weighted by atomic mass is 14.9. The summed E-state index contributed by atoms with van der Waals surface area (Å²) < 4.78 is 0. The molecule has 1 aromatic heterocycles. The van der Waals surface area contributed by atoms with E-state index in [1.807, 2.05) is 12.3 Å². The quantitative estimate of drug-likeness (QED) is 0.885. The van der Waals surface area contributed by atoms with Gasteiger partial charge in [-0.25, -0.2) is 0 Å². The molecule has 1 aliphatic rings. The Balaban J connectivity index is 1.79. The van der Waals surface area contributed by atoms with Crippen LogP contribution in [-0.4, -0.2) is 24.6 Å². The van der Waals surface area contributed by atoms with Crippen LogP contribution in [0.1, 0.15) is 18.4 Å². The van der Waals surface area contributed by atoms with Crippen LogP contribution in [0.5, 0.6) is 0 Å². The highest BCUT2D eigenvalue weighted by molar-refractivity contribution is 5.93. The first kappa shape index (κ1) is 12.4. The molecule has 19 heavy (non-hydrogen) atoms. The second-order valence-corrected chi connectivity index (χ2v) is 5.42. The number of hydrogen-bond acceptors (Lipinski definition) is 3. The van der Waals surface area contributed by atoms with Crippen molar-refractivity contribution < 1.29 is 0 Å². The molecule has 1 unspecified atom stereocenters. The minimum atomic E-state index is 0.738. The summed E-state index contributed by atoms with van der Waals surface area (Å²) in [5.41, 5.74) is 3.55. The van der Waals surface area contributed by atoms with Gasteiger partial charge in [-0.3, -0.25) is 4.98 Å². The Morgan fingerprint density at radius 1 is 1.37 bits per heavy atom. The van der Waals surface area contributed by atoms with Gasteiger partial charge in [0.25, 0.3) is 0 Å². The molecule has 1 fully saturated rings. The summed E-state index contributed by atoms with van der Waals surface area (Å²) in [5.74, 6) is 0.738. The Labute approximate surface area is 114 Å². The second kappa shape index (κ2) is 5.57. The number of rotatable bonds is 3. The fourth-order valence-corrected chi connectivity index (χ4v) is 2.82. The SMILES string of the molecule is Cc1ccc(NCC2CCCNC2)c2cccnc12. The van der Waals surface area contributed by atoms with Crippen LogP contribution in [0, 0.1) is 12.8 Å². The Bertz CT molecular complexity index is 559. The molecule has 3 heteroatoms. The van der Waals surface area contributed by atoms with Gasteiger partial charge in [-0.05, 0) is 62.5 Å². The zero-order valence-corrected chi connectivity index (χ0v) is 11.4. The lowest BCUT2D eigenvalue weighted by atomic mass is 9.99. The first-order chi connectivity index (χ1) is 9.34. The van der Waals surface area contributed by atoms with Gasteiger partial charge in [0, 0.05) is 23.8 Å². The van der Waals surface area contributed by atoms with Gasteiger partial charge in [0.2, 0.25) is 0 Å². The number of anilines is 1. The van der Waals surface area contributed by atoms with E-state index in [1.165, 1.54) is 36.0 Å². The van der Waals surface area contributed by atoms with Crippen molar-refractivity contribution in [2.45, 2.75) is 19.8 Å². The predicted octanol–water partition coefficient (Wildman–Crippen LogP) is 2.95. The zero-order valence-electron chi connectivity index (χ0n) is 11.4. The van der Waals surface area contributed by atoms with E-state index in [0.29, 0.717) is 0 Å². The summed E-state index contributed by atoms with van der Waals surface area (Å²) in [6.45, 7) is 5.47. The molecule has 3 nitrogen and oxygen atoms in total. The molecule has 2 aromatic rings. The van der Waals surface area contributed by atoms with Crippen molar-refractivity contribution in [1.29, 1.82) is 0 Å². The molecule has 0 spiro atoms. The largest absolute Gasteiger partial charge is 0.384 e. The molecule has 1 aromatic carbocycles. The monoisotopic (exact) mass is 255 g/mol. The van der Waals surface area contributed by atoms with Crippen molar-refractivity contribution in [3.63, 3.8) is 0 Å². The van der Waals surface area contributed by atoms with Gasteiger partial charge in [0.05, 0.1) is 5.52 Å². The Kier molecular flexibility index (Phi) is 3.65. The van der Waals surface area contributed by atoms with Gasteiger partial charge >= 0.3 is 0 Å². The van der Waals surface area contributed by atoms with Gasteiger partial charge in [-0.1, -0.05) is 6.07 Å². The number of fused-ring (bicyclic) bond motifs is 1. The molecule has 3 rings (SSSR count). The maximum absolute atomic E-state index is 4.48. The molecule has 0 bridgehead atoms. The van der Waals surface area contributed by atoms with Crippen LogP contribution in [0.15, 0.2) is 30.5 Å². The van der Waals surface area contributed by atoms with E-state index >= 15 is 0 Å². The summed E-state index contributed by atoms with van der Waals surface area (Å²) in [7, 11) is 0. The first-order valence-corrected chi connectivity index (χ1v) is 7.13. The molecule has 0 amide bonds. The summed E-state index contributed by atoms with van der Waals surface area (Å²) >= 11 is 0. The van der Waals surface area contributed by atoms with Crippen molar-refractivity contribution in [1.82, 2.24) is 10.3 Å². The topological polar surface area (TPSA) is 37.0 Å². The number of nitrogens with one attached hydrogen (secondary N) is 2. The van der Waals surface area contributed by atoms with Crippen LogP contribution < -0.4 is 10.6 Å². The minimum absolute atomic E-state index is 0.738. The molecular weight excluding hydrogens is 234 g/mol. The van der Waals surface area contributed by atoms with E-state index in [0.717, 1.165) is 24.5 Å². The van der Waals surface area contributed by atoms with Gasteiger partial charge in [0.15, 0.2) is 0 Å². The average molecular weight is 255 g/mol. The minimum Gasteiger partial charge on any atom is -0.384 e. The van der Waals surface area contributed by atoms with Crippen molar-refractivity contribution in [2.24, 2.45) is 5.92 Å². The number of aromatic nitrogens is 1. The van der Waals surface area contributed by atoms with Crippen LogP contribution in [0.3, 0.4) is 0 Å². The lowest BCUT2D eigenvalue weighted by Crippen LogP contribution is -2.33. The average Bonchev–Trinajstić information content (AvgIpc) is 2.48. The van der Waals surface area contributed by atoms with E-state index in [9.17, 15) is 0 Å². The Morgan fingerprint density at radius 2 is 2.32 bits per heavy atom. The third kappa shape index (κ3) is 2.71. The Morgan fingerprint density at radius 3 is 3.16 bits per heavy atom. The summed E-state index contributed by atoms with van der Waals surface area (Å²) in [4.78, 5) is 4.48. The van der Waals surface area contributed by atoms with Crippen LogP contribution in [-0.2, 0) is 0 Å². The van der Waals surface area contributed by atoms with Gasteiger partial charge in [-0.15, -0.1) is 0 Å². The third-order valence-electron chi connectivity index (χ3n) is 3.95. The molecule has 1 aliphatic heterocycles. The summed E-state index contributed by atoms with van der Waals surface area (Å²) in [6, 6.07) is 8.48. The van der Waals surface area contributed by atoms with Crippen molar-refractivity contribution >= 4 is 16.6 Å². The fourth-order valence-electron chi connectivity index (χ4n) is 2.82. The molecule has 100 valence electrons. The lowest BCUT2D eigenvalue weighted by molar-refractivity contribution is 0.393. The smallest absolute Gasteiger partial charge is 0.0751 e. The third-order valence-corrected chi connectivity index (χ3v) is 3.95. The fraction of sp³-hybridized carbons (Fsp3) is 0.438. The van der Waals surface area contributed by atoms with Crippen LogP contribution >= 0.6 is 0 Å². The molecule has 0 aliphatic carbocycles. The molecule has 0 saturated carbocycles. The summed E-state index contributed by atoms with van der Waals surface area (Å²) in [5, 5.41) is 8.30. The number of piperidine rings is 1. The molecule has 1 saturated heterocycles. The number of hydrogen-bond donors (Lipinski definition) is 2. The normalized spacial score (nSPS) is 19.5. The van der Waals surface area contributed by atoms with E-state index in [4.69, 9.17) is 0 Å². The highest BCUT2D eigenvalue weighted by Crippen LogP contribution is 2.25. The second-order valence-electron chi connectivity index (χ2n) is 5.42. The maximum Gasteiger partial charge on any atom is 0.0751 e. The van der Waals surface area contributed by atoms with E-state index < -0.39 is 0 Å². The van der Waals surface area contributed by atoms with Crippen molar-refractivity contribution in [3.8, 4) is 0 Å². The standard InChI is InChI=1S/C16H21N3/c1-12-6-7-15(14-5-3-9-18-16(12)14)19-11-13-4-2-8-17-10-13/h3,5-7,9,13,17,19H,2,4,8,10-11H2,1H3.